The van der Waals surface area contributed by atoms with E-state index in [-0.39, 0.29) is 5.91 Å². The Morgan fingerprint density at radius 2 is 1.98 bits per heavy atom. The number of aromatic nitrogens is 7. The predicted molar refractivity (Wildman–Crippen MR) is 154 cm³/mol. The Balaban J connectivity index is 1.78. The van der Waals surface area contributed by atoms with Gasteiger partial charge in [0.2, 0.25) is 0 Å². The number of halogens is 1. The van der Waals surface area contributed by atoms with E-state index in [9.17, 15) is 4.79 Å². The number of ether oxygens (including phenoxy) is 1. The third-order valence-corrected chi connectivity index (χ3v) is 7.16. The van der Waals surface area contributed by atoms with E-state index in [4.69, 9.17) is 27.2 Å². The molecule has 0 aliphatic carbocycles. The molecule has 2 N–H and O–H groups in total. The summed E-state index contributed by atoms with van der Waals surface area (Å²) >= 11 is 6.85. The summed E-state index contributed by atoms with van der Waals surface area (Å²) in [5, 5.41) is 10.6. The second kappa shape index (κ2) is 10.6. The molecular weight excluding hydrogens is 530 g/mol. The van der Waals surface area contributed by atoms with Crippen LogP contribution in [0.1, 0.15) is 41.5 Å². The average Bonchev–Trinajstić information content (AvgIpc) is 3.54. The highest BCUT2D eigenvalue weighted by atomic mass is 35.5. The molecule has 0 saturated heterocycles. The maximum absolute atomic E-state index is 13.1. The van der Waals surface area contributed by atoms with Crippen molar-refractivity contribution in [3.8, 4) is 28.3 Å². The van der Waals surface area contributed by atoms with Crippen molar-refractivity contribution in [2.45, 2.75) is 26.8 Å². The molecule has 11 nitrogen and oxygen atoms in total. The largest absolute Gasteiger partial charge is 0.493 e. The van der Waals surface area contributed by atoms with Gasteiger partial charge in [-0.15, -0.1) is 0 Å². The fraction of sp³-hybridized carbons (Fsp3) is 0.286. The number of amides is 1. The molecule has 0 bridgehead atoms. The molecule has 5 rings (SSSR count). The van der Waals surface area contributed by atoms with Gasteiger partial charge in [0.15, 0.2) is 5.65 Å². The number of hydrogen-bond acceptors (Lipinski definition) is 8. The number of aryl methyl sites for hydroxylation is 1. The molecule has 1 unspecified atom stereocenters. The molecular formula is C28H30ClN9O2. The van der Waals surface area contributed by atoms with Crippen LogP contribution in [-0.2, 0) is 7.05 Å². The van der Waals surface area contributed by atoms with Crippen LogP contribution in [0.5, 0.6) is 5.75 Å². The first-order valence-corrected chi connectivity index (χ1v) is 13.1. The third kappa shape index (κ3) is 4.51. The van der Waals surface area contributed by atoms with Crippen LogP contribution in [0.3, 0.4) is 0 Å². The second-order valence-electron chi connectivity index (χ2n) is 9.61. The van der Waals surface area contributed by atoms with Gasteiger partial charge in [-0.05, 0) is 44.5 Å². The van der Waals surface area contributed by atoms with Crippen LogP contribution in [0.25, 0.3) is 33.5 Å². The van der Waals surface area contributed by atoms with E-state index in [2.05, 4.69) is 20.1 Å². The van der Waals surface area contributed by atoms with Crippen molar-refractivity contribution < 1.29 is 9.53 Å². The quantitative estimate of drug-likeness (QED) is 0.307. The molecule has 0 fully saturated rings. The number of nitrogens with zero attached hydrogens (tertiary/aromatic N) is 8. The highest BCUT2D eigenvalue weighted by Gasteiger charge is 2.28. The zero-order valence-corrected chi connectivity index (χ0v) is 23.9. The summed E-state index contributed by atoms with van der Waals surface area (Å²) in [7, 11) is 5.22. The third-order valence-electron chi connectivity index (χ3n) is 6.77. The van der Waals surface area contributed by atoms with E-state index in [0.717, 1.165) is 11.1 Å². The van der Waals surface area contributed by atoms with Crippen LogP contribution in [-0.4, -0.2) is 66.0 Å². The van der Waals surface area contributed by atoms with Crippen molar-refractivity contribution >= 4 is 34.4 Å². The summed E-state index contributed by atoms with van der Waals surface area (Å²) in [6, 6.07) is 6.98. The monoisotopic (exact) mass is 559 g/mol. The molecule has 4 heterocycles. The number of nitrogen functional groups attached to an aromatic ring is 1. The number of carbonyl (C=O) groups excluding carboxylic acids is 1. The Morgan fingerprint density at radius 1 is 1.20 bits per heavy atom. The van der Waals surface area contributed by atoms with Gasteiger partial charge in [0.1, 0.15) is 35.0 Å². The topological polar surface area (TPSA) is 130 Å². The molecule has 0 aliphatic heterocycles. The Labute approximate surface area is 236 Å². The zero-order chi connectivity index (χ0) is 28.7. The van der Waals surface area contributed by atoms with Gasteiger partial charge in [-0.1, -0.05) is 17.7 Å². The van der Waals surface area contributed by atoms with E-state index >= 15 is 0 Å². The molecule has 0 aliphatic rings. The van der Waals surface area contributed by atoms with E-state index in [0.29, 0.717) is 62.4 Å². The standard InChI is InChI=1S/C28H30ClN9O2/c1-7-40-25-18(13-19(29)15(2)21(25)17-9-8-11-31-23(17)28(39)36(4)5)16(3)38-27-22(26(30)32-14-33-27)24(35-38)20-10-12-37(6)34-20/h8-14,16H,7H2,1-6H3,(H2,30,32,33). The van der Waals surface area contributed by atoms with Crippen LogP contribution in [0.15, 0.2) is 43.0 Å². The fourth-order valence-electron chi connectivity index (χ4n) is 4.79. The van der Waals surface area contributed by atoms with Crippen LogP contribution < -0.4 is 10.5 Å². The normalized spacial score (nSPS) is 12.1. The number of fused-ring (bicyclic) bond motifs is 1. The van der Waals surface area contributed by atoms with E-state index in [1.54, 1.807) is 35.7 Å². The van der Waals surface area contributed by atoms with E-state index in [1.165, 1.54) is 11.2 Å². The van der Waals surface area contributed by atoms with Gasteiger partial charge in [0.05, 0.1) is 18.0 Å². The smallest absolute Gasteiger partial charge is 0.272 e. The Morgan fingerprint density at radius 3 is 2.65 bits per heavy atom. The average molecular weight is 560 g/mol. The van der Waals surface area contributed by atoms with Crippen LogP contribution in [0.4, 0.5) is 5.82 Å². The lowest BCUT2D eigenvalue weighted by Crippen LogP contribution is -2.23. The van der Waals surface area contributed by atoms with Crippen molar-refractivity contribution in [1.29, 1.82) is 0 Å². The van der Waals surface area contributed by atoms with Gasteiger partial charge in [-0.25, -0.2) is 14.6 Å². The molecule has 5 aromatic rings. The minimum atomic E-state index is -0.405. The predicted octanol–water partition coefficient (Wildman–Crippen LogP) is 4.54. The van der Waals surface area contributed by atoms with E-state index < -0.39 is 6.04 Å². The highest BCUT2D eigenvalue weighted by molar-refractivity contribution is 6.32. The van der Waals surface area contributed by atoms with Gasteiger partial charge < -0.3 is 15.4 Å². The maximum atomic E-state index is 13.1. The molecule has 1 atom stereocenters. The zero-order valence-electron chi connectivity index (χ0n) is 23.2. The second-order valence-corrected chi connectivity index (χ2v) is 10.0. The molecule has 40 heavy (non-hydrogen) atoms. The first kappa shape index (κ1) is 27.1. The molecule has 0 spiro atoms. The highest BCUT2D eigenvalue weighted by Crippen LogP contribution is 2.45. The van der Waals surface area contributed by atoms with Crippen molar-refractivity contribution in [1.82, 2.24) is 39.4 Å². The number of benzene rings is 1. The maximum Gasteiger partial charge on any atom is 0.272 e. The lowest BCUT2D eigenvalue weighted by atomic mass is 9.92. The Bertz CT molecular complexity index is 1740. The lowest BCUT2D eigenvalue weighted by molar-refractivity contribution is 0.0823. The Kier molecular flexibility index (Phi) is 7.16. The summed E-state index contributed by atoms with van der Waals surface area (Å²) in [6.45, 7) is 6.18. The summed E-state index contributed by atoms with van der Waals surface area (Å²) in [5.41, 5.74) is 11.2. The van der Waals surface area contributed by atoms with Gasteiger partial charge in [-0.2, -0.15) is 10.2 Å². The molecule has 1 aromatic carbocycles. The molecule has 206 valence electrons. The van der Waals surface area contributed by atoms with Crippen molar-refractivity contribution in [3.63, 3.8) is 0 Å². The minimum Gasteiger partial charge on any atom is -0.493 e. The number of pyridine rings is 1. The number of carbonyl (C=O) groups is 1. The van der Waals surface area contributed by atoms with Crippen LogP contribution >= 0.6 is 11.6 Å². The Hall–Kier alpha value is -4.51. The van der Waals surface area contributed by atoms with E-state index in [1.807, 2.05) is 52.2 Å². The molecule has 1 amide bonds. The van der Waals surface area contributed by atoms with Gasteiger partial charge in [0, 0.05) is 55.2 Å². The first-order chi connectivity index (χ1) is 19.1. The first-order valence-electron chi connectivity index (χ1n) is 12.8. The van der Waals surface area contributed by atoms with Crippen molar-refractivity contribution in [2.24, 2.45) is 7.05 Å². The van der Waals surface area contributed by atoms with Crippen LogP contribution in [0.2, 0.25) is 5.02 Å². The number of rotatable bonds is 7. The molecule has 12 heteroatoms. The van der Waals surface area contributed by atoms with Crippen molar-refractivity contribution in [3.05, 3.63) is 64.8 Å². The van der Waals surface area contributed by atoms with Crippen LogP contribution in [0, 0.1) is 6.92 Å². The summed E-state index contributed by atoms with van der Waals surface area (Å²) in [5.74, 6) is 0.666. The molecule has 4 aromatic heterocycles. The van der Waals surface area contributed by atoms with Gasteiger partial charge in [0.25, 0.3) is 5.91 Å². The number of anilines is 1. The summed E-state index contributed by atoms with van der Waals surface area (Å²) in [6.07, 6.45) is 4.85. The number of hydrogen-bond donors (Lipinski definition) is 1. The summed E-state index contributed by atoms with van der Waals surface area (Å²) < 4.78 is 9.78. The van der Waals surface area contributed by atoms with Crippen molar-refractivity contribution in [2.75, 3.05) is 26.4 Å². The summed E-state index contributed by atoms with van der Waals surface area (Å²) in [4.78, 5) is 27.8. The molecule has 0 radical (unpaired) electrons. The number of nitrogens with two attached hydrogens (primary N) is 1. The molecule has 0 saturated carbocycles. The van der Waals surface area contributed by atoms with Gasteiger partial charge in [-0.3, -0.25) is 14.5 Å². The lowest BCUT2D eigenvalue weighted by Gasteiger charge is -2.24. The SMILES string of the molecule is CCOc1c(C(C)n2nc(-c3ccn(C)n3)c3c(N)ncnc32)cc(Cl)c(C)c1-c1cccnc1C(=O)N(C)C. The van der Waals surface area contributed by atoms with Gasteiger partial charge >= 0.3 is 0 Å². The minimum absolute atomic E-state index is 0.225. The fourth-order valence-corrected chi connectivity index (χ4v) is 5.00.